The second-order valence-corrected chi connectivity index (χ2v) is 5.57. The van der Waals surface area contributed by atoms with E-state index in [0.29, 0.717) is 6.54 Å². The highest BCUT2D eigenvalue weighted by molar-refractivity contribution is 7.87. The van der Waals surface area contributed by atoms with E-state index >= 15 is 0 Å². The molecule has 1 aromatic rings. The van der Waals surface area contributed by atoms with Crippen molar-refractivity contribution in [1.29, 1.82) is 0 Å². The number of nitrogens with zero attached hydrogens (tertiary/aromatic N) is 2. The summed E-state index contributed by atoms with van der Waals surface area (Å²) in [5.74, 6) is -0.765. The molecule has 0 atom stereocenters. The first-order valence-corrected chi connectivity index (χ1v) is 7.21. The van der Waals surface area contributed by atoms with Crippen LogP contribution in [0.1, 0.15) is 30.6 Å². The highest BCUT2D eigenvalue weighted by atomic mass is 32.2. The van der Waals surface area contributed by atoms with Crippen LogP contribution >= 0.6 is 0 Å². The minimum atomic E-state index is -3.69. The molecule has 0 spiro atoms. The Hall–Kier alpha value is -1.57. The molecule has 1 aromatic heterocycles. The van der Waals surface area contributed by atoms with Crippen molar-refractivity contribution in [2.24, 2.45) is 7.05 Å². The summed E-state index contributed by atoms with van der Waals surface area (Å²) in [7, 11) is -2.11. The molecule has 0 aromatic carbocycles. The Morgan fingerprint density at radius 1 is 1.50 bits per heavy atom. The number of hydrogen-bond acceptors (Lipinski definition) is 5. The molecule has 7 nitrogen and oxygen atoms in total. The van der Waals surface area contributed by atoms with Crippen molar-refractivity contribution in [3.8, 4) is 5.88 Å². The van der Waals surface area contributed by atoms with Gasteiger partial charge in [-0.05, 0) is 13.3 Å². The van der Waals surface area contributed by atoms with Gasteiger partial charge in [-0.2, -0.15) is 8.42 Å². The fourth-order valence-electron chi connectivity index (χ4n) is 1.20. The van der Waals surface area contributed by atoms with Crippen LogP contribution in [0.15, 0.2) is 6.20 Å². The number of rotatable bonds is 6. The molecular formula is C10H17N3O4S. The van der Waals surface area contributed by atoms with Gasteiger partial charge < -0.3 is 9.50 Å². The lowest BCUT2D eigenvalue weighted by Gasteiger charge is -2.04. The third-order valence-electron chi connectivity index (χ3n) is 2.13. The van der Waals surface area contributed by atoms with E-state index in [1.54, 1.807) is 7.05 Å². The monoisotopic (exact) mass is 275 g/mol. The van der Waals surface area contributed by atoms with Gasteiger partial charge in [0.2, 0.25) is 0 Å². The van der Waals surface area contributed by atoms with Crippen molar-refractivity contribution in [1.82, 2.24) is 15.1 Å². The predicted octanol–water partition coefficient (Wildman–Crippen LogP) is 0.288. The third kappa shape index (κ3) is 3.73. The van der Waals surface area contributed by atoms with E-state index < -0.39 is 16.0 Å². The Labute approximate surface area is 106 Å². The second-order valence-electron chi connectivity index (χ2n) is 3.71. The first-order chi connectivity index (χ1) is 8.39. The summed E-state index contributed by atoms with van der Waals surface area (Å²) in [5.41, 5.74) is 0.114. The summed E-state index contributed by atoms with van der Waals surface area (Å²) in [5, 5.41) is 6.47. The largest absolute Gasteiger partial charge is 0.359 e. The average molecular weight is 275 g/mol. The van der Waals surface area contributed by atoms with E-state index in [-0.39, 0.29) is 17.2 Å². The summed E-state index contributed by atoms with van der Waals surface area (Å²) < 4.78 is 28.8. The molecule has 0 bridgehead atoms. The molecule has 0 saturated carbocycles. The van der Waals surface area contributed by atoms with E-state index in [9.17, 15) is 13.2 Å². The van der Waals surface area contributed by atoms with Crippen molar-refractivity contribution < 1.29 is 17.4 Å². The first-order valence-electron chi connectivity index (χ1n) is 5.63. The van der Waals surface area contributed by atoms with Crippen LogP contribution in [0.25, 0.3) is 0 Å². The van der Waals surface area contributed by atoms with Gasteiger partial charge in [0.25, 0.3) is 11.8 Å². The van der Waals surface area contributed by atoms with Gasteiger partial charge in [-0.25, -0.2) is 0 Å². The van der Waals surface area contributed by atoms with E-state index in [1.165, 1.54) is 17.8 Å². The molecule has 1 amide bonds. The maximum Gasteiger partial charge on any atom is 0.310 e. The second kappa shape index (κ2) is 5.85. The van der Waals surface area contributed by atoms with Crippen LogP contribution in [-0.4, -0.2) is 36.4 Å². The first kappa shape index (κ1) is 14.5. The number of nitrogens with one attached hydrogen (secondary N) is 1. The molecule has 18 heavy (non-hydrogen) atoms. The predicted molar refractivity (Wildman–Crippen MR) is 65.9 cm³/mol. The third-order valence-corrected chi connectivity index (χ3v) is 3.25. The van der Waals surface area contributed by atoms with E-state index in [2.05, 4.69) is 10.4 Å². The number of carbonyl (C=O) groups excluding carboxylic acids is 1. The highest BCUT2D eigenvalue weighted by Gasteiger charge is 2.21. The standard InChI is InChI=1S/C10H17N3O4S/c1-4-6-11-9(14)8-7-13(3)12-10(8)17-18(15,16)5-2/h7H,4-6H2,1-3H3,(H,11,14). The fraction of sp³-hybridized carbons (Fsp3) is 0.600. The van der Waals surface area contributed by atoms with Gasteiger partial charge in [0.15, 0.2) is 0 Å². The zero-order valence-corrected chi connectivity index (χ0v) is 11.5. The zero-order valence-electron chi connectivity index (χ0n) is 10.6. The lowest BCUT2D eigenvalue weighted by molar-refractivity contribution is 0.0952. The van der Waals surface area contributed by atoms with Crippen molar-refractivity contribution in [2.45, 2.75) is 20.3 Å². The molecule has 0 unspecified atom stereocenters. The van der Waals surface area contributed by atoms with Gasteiger partial charge >= 0.3 is 10.1 Å². The van der Waals surface area contributed by atoms with Crippen molar-refractivity contribution >= 4 is 16.0 Å². The number of hydrogen-bond donors (Lipinski definition) is 1. The van der Waals surface area contributed by atoms with Gasteiger partial charge in [-0.15, -0.1) is 5.10 Å². The molecular weight excluding hydrogens is 258 g/mol. The molecule has 0 radical (unpaired) electrons. The van der Waals surface area contributed by atoms with Gasteiger partial charge in [0.05, 0.1) is 5.75 Å². The van der Waals surface area contributed by atoms with Crippen molar-refractivity contribution in [3.63, 3.8) is 0 Å². The summed E-state index contributed by atoms with van der Waals surface area (Å²) >= 11 is 0. The summed E-state index contributed by atoms with van der Waals surface area (Å²) in [6.07, 6.45) is 2.21. The van der Waals surface area contributed by atoms with Crippen LogP contribution in [0.2, 0.25) is 0 Å². The molecule has 8 heteroatoms. The van der Waals surface area contributed by atoms with Crippen LogP contribution in [0.3, 0.4) is 0 Å². The Balaban J connectivity index is 2.96. The highest BCUT2D eigenvalue weighted by Crippen LogP contribution is 2.17. The molecule has 1 rings (SSSR count). The van der Waals surface area contributed by atoms with Gasteiger partial charge in [-0.3, -0.25) is 9.48 Å². The molecule has 0 aliphatic heterocycles. The minimum Gasteiger partial charge on any atom is -0.359 e. The normalized spacial score (nSPS) is 11.3. The minimum absolute atomic E-state index is 0.114. The number of aromatic nitrogens is 2. The Morgan fingerprint density at radius 2 is 2.17 bits per heavy atom. The van der Waals surface area contributed by atoms with Crippen LogP contribution in [0.5, 0.6) is 5.88 Å². The number of aryl methyl sites for hydroxylation is 1. The SMILES string of the molecule is CCCNC(=O)c1cn(C)nc1OS(=O)(=O)CC. The van der Waals surface area contributed by atoms with Crippen LogP contribution < -0.4 is 9.50 Å². The lowest BCUT2D eigenvalue weighted by Crippen LogP contribution is -2.24. The summed E-state index contributed by atoms with van der Waals surface area (Å²) in [6.45, 7) is 3.88. The van der Waals surface area contributed by atoms with E-state index in [4.69, 9.17) is 4.18 Å². The van der Waals surface area contributed by atoms with Gasteiger partial charge in [0, 0.05) is 19.8 Å². The summed E-state index contributed by atoms with van der Waals surface area (Å²) in [6, 6.07) is 0. The number of carbonyl (C=O) groups is 1. The molecule has 1 heterocycles. The maximum absolute atomic E-state index is 11.8. The lowest BCUT2D eigenvalue weighted by atomic mass is 10.3. The van der Waals surface area contributed by atoms with Crippen LogP contribution in [0.4, 0.5) is 0 Å². The topological polar surface area (TPSA) is 90.3 Å². The molecule has 0 fully saturated rings. The Kier molecular flexibility index (Phi) is 4.71. The zero-order chi connectivity index (χ0) is 13.8. The van der Waals surface area contributed by atoms with Crippen molar-refractivity contribution in [3.05, 3.63) is 11.8 Å². The molecule has 0 aliphatic carbocycles. The van der Waals surface area contributed by atoms with Gasteiger partial charge in [-0.1, -0.05) is 6.92 Å². The van der Waals surface area contributed by atoms with Crippen molar-refractivity contribution in [2.75, 3.05) is 12.3 Å². The molecule has 0 aliphatic rings. The average Bonchev–Trinajstić information content (AvgIpc) is 2.66. The van der Waals surface area contributed by atoms with E-state index in [1.807, 2.05) is 6.92 Å². The maximum atomic E-state index is 11.8. The van der Waals surface area contributed by atoms with Gasteiger partial charge in [0.1, 0.15) is 5.56 Å². The summed E-state index contributed by atoms with van der Waals surface area (Å²) in [4.78, 5) is 11.8. The molecule has 0 saturated heterocycles. The fourth-order valence-corrected chi connectivity index (χ4v) is 1.68. The van der Waals surface area contributed by atoms with Crippen LogP contribution in [0, 0.1) is 0 Å². The Morgan fingerprint density at radius 3 is 2.72 bits per heavy atom. The van der Waals surface area contributed by atoms with Crippen LogP contribution in [-0.2, 0) is 17.2 Å². The molecule has 1 N–H and O–H groups in total. The van der Waals surface area contributed by atoms with E-state index in [0.717, 1.165) is 6.42 Å². The smallest absolute Gasteiger partial charge is 0.310 e. The number of amides is 1. The molecule has 102 valence electrons. The Bertz CT molecular complexity index is 521. The quantitative estimate of drug-likeness (QED) is 0.753.